The van der Waals surface area contributed by atoms with Crippen molar-refractivity contribution >= 4 is 11.4 Å². The summed E-state index contributed by atoms with van der Waals surface area (Å²) in [6.07, 6.45) is 2.98. The number of nitrogens with two attached hydrogens (primary N) is 1. The third kappa shape index (κ3) is 2.82. The van der Waals surface area contributed by atoms with Gasteiger partial charge in [0.25, 0.3) is 0 Å². The Morgan fingerprint density at radius 1 is 1.47 bits per heavy atom. The van der Waals surface area contributed by atoms with Crippen molar-refractivity contribution < 1.29 is 9.84 Å². The summed E-state index contributed by atoms with van der Waals surface area (Å²) in [5.74, 6) is 0.714. The van der Waals surface area contributed by atoms with Crippen LogP contribution in [0.15, 0.2) is 18.2 Å². The van der Waals surface area contributed by atoms with E-state index in [1.807, 2.05) is 18.2 Å². The summed E-state index contributed by atoms with van der Waals surface area (Å²) in [6.45, 7) is 2.89. The quantitative estimate of drug-likeness (QED) is 0.661. The normalized spacial score (nSPS) is 16.6. The molecule has 0 saturated heterocycles. The molecule has 0 unspecified atom stereocenters. The van der Waals surface area contributed by atoms with Gasteiger partial charge in [-0.2, -0.15) is 0 Å². The van der Waals surface area contributed by atoms with Gasteiger partial charge in [0.05, 0.1) is 24.4 Å². The van der Waals surface area contributed by atoms with Crippen LogP contribution in [0.2, 0.25) is 0 Å². The maximum absolute atomic E-state index is 9.26. The highest BCUT2D eigenvalue weighted by Gasteiger charge is 2.41. The molecule has 4 N–H and O–H groups in total. The van der Waals surface area contributed by atoms with E-state index in [1.54, 1.807) is 0 Å². The highest BCUT2D eigenvalue weighted by atomic mass is 16.5. The first-order chi connectivity index (χ1) is 8.19. The van der Waals surface area contributed by atoms with Crippen molar-refractivity contribution in [2.75, 3.05) is 24.3 Å². The second-order valence-electron chi connectivity index (χ2n) is 4.66. The lowest BCUT2D eigenvalue weighted by atomic mass is 10.2. The Labute approximate surface area is 102 Å². The zero-order chi connectivity index (χ0) is 12.3. The summed E-state index contributed by atoms with van der Waals surface area (Å²) in [6, 6.07) is 5.66. The number of benzene rings is 1. The second kappa shape index (κ2) is 4.84. The fraction of sp³-hybridized carbons (Fsp3) is 0.538. The number of nitrogen functional groups attached to an aromatic ring is 1. The predicted molar refractivity (Wildman–Crippen MR) is 69.3 cm³/mol. The second-order valence-corrected chi connectivity index (χ2v) is 4.66. The number of hydrogen-bond acceptors (Lipinski definition) is 4. The summed E-state index contributed by atoms with van der Waals surface area (Å²) in [4.78, 5) is 0. The van der Waals surface area contributed by atoms with Gasteiger partial charge in [-0.25, -0.2) is 0 Å². The molecule has 0 bridgehead atoms. The highest BCUT2D eigenvalue weighted by Crippen LogP contribution is 2.39. The molecule has 94 valence electrons. The van der Waals surface area contributed by atoms with Gasteiger partial charge >= 0.3 is 0 Å². The number of aliphatic hydroxyl groups excluding tert-OH is 1. The molecule has 0 atom stereocenters. The average Bonchev–Trinajstić information content (AvgIpc) is 3.10. The van der Waals surface area contributed by atoms with Crippen LogP contribution in [-0.4, -0.2) is 23.9 Å². The molecule has 1 saturated carbocycles. The van der Waals surface area contributed by atoms with Gasteiger partial charge < -0.3 is 20.9 Å². The molecule has 0 heterocycles. The zero-order valence-electron chi connectivity index (χ0n) is 10.2. The lowest BCUT2D eigenvalue weighted by Crippen LogP contribution is -2.25. The van der Waals surface area contributed by atoms with Gasteiger partial charge in [-0.15, -0.1) is 0 Å². The molecule has 1 aliphatic carbocycles. The minimum Gasteiger partial charge on any atom is -0.491 e. The Bertz CT molecular complexity index is 389. The fourth-order valence-electron chi connectivity index (χ4n) is 1.73. The molecule has 0 amide bonds. The molecule has 0 spiro atoms. The van der Waals surface area contributed by atoms with Gasteiger partial charge in [-0.05, 0) is 31.4 Å². The van der Waals surface area contributed by atoms with Crippen LogP contribution < -0.4 is 15.8 Å². The summed E-state index contributed by atoms with van der Waals surface area (Å²) in [5.41, 5.74) is 7.33. The van der Waals surface area contributed by atoms with E-state index in [2.05, 4.69) is 12.2 Å². The Morgan fingerprint density at radius 2 is 2.24 bits per heavy atom. The molecule has 17 heavy (non-hydrogen) atoms. The van der Waals surface area contributed by atoms with Gasteiger partial charge in [-0.1, -0.05) is 6.92 Å². The topological polar surface area (TPSA) is 67.5 Å². The third-order valence-corrected chi connectivity index (χ3v) is 3.04. The lowest BCUT2D eigenvalue weighted by Gasteiger charge is -2.17. The maximum atomic E-state index is 9.26. The largest absolute Gasteiger partial charge is 0.491 e. The van der Waals surface area contributed by atoms with Crippen molar-refractivity contribution in [2.45, 2.75) is 31.7 Å². The molecule has 0 radical (unpaired) electrons. The monoisotopic (exact) mass is 236 g/mol. The Hall–Kier alpha value is -1.42. The summed E-state index contributed by atoms with van der Waals surface area (Å²) in [7, 11) is 0. The fourth-order valence-corrected chi connectivity index (χ4v) is 1.73. The van der Waals surface area contributed by atoms with E-state index in [0.29, 0.717) is 18.0 Å². The molecule has 2 rings (SSSR count). The summed E-state index contributed by atoms with van der Waals surface area (Å²) in [5, 5.41) is 12.6. The highest BCUT2D eigenvalue weighted by molar-refractivity contribution is 5.62. The minimum absolute atomic E-state index is 0.113. The van der Waals surface area contributed by atoms with Crippen molar-refractivity contribution in [1.82, 2.24) is 0 Å². The van der Waals surface area contributed by atoms with Gasteiger partial charge in [0.2, 0.25) is 0 Å². The number of rotatable bonds is 6. The number of nitrogens with one attached hydrogen (secondary N) is 1. The van der Waals surface area contributed by atoms with Crippen molar-refractivity contribution in [2.24, 2.45) is 0 Å². The Morgan fingerprint density at radius 3 is 2.82 bits per heavy atom. The van der Waals surface area contributed by atoms with Crippen LogP contribution in [0.3, 0.4) is 0 Å². The van der Waals surface area contributed by atoms with E-state index in [9.17, 15) is 5.11 Å². The molecule has 1 fully saturated rings. The van der Waals surface area contributed by atoms with Crippen LogP contribution in [0.1, 0.15) is 26.2 Å². The van der Waals surface area contributed by atoms with Crippen molar-refractivity contribution in [3.8, 4) is 5.75 Å². The SMILES string of the molecule is CCCOc1cc(NC2(CO)CC2)ccc1N. The Kier molecular flexibility index (Phi) is 3.43. The van der Waals surface area contributed by atoms with E-state index in [4.69, 9.17) is 10.5 Å². The van der Waals surface area contributed by atoms with E-state index in [1.165, 1.54) is 0 Å². The van der Waals surface area contributed by atoms with E-state index < -0.39 is 0 Å². The zero-order valence-corrected chi connectivity index (χ0v) is 10.2. The van der Waals surface area contributed by atoms with Crippen molar-refractivity contribution in [1.29, 1.82) is 0 Å². The van der Waals surface area contributed by atoms with Gasteiger partial charge in [0.15, 0.2) is 0 Å². The Balaban J connectivity index is 2.07. The molecule has 0 aliphatic heterocycles. The van der Waals surface area contributed by atoms with Gasteiger partial charge in [-0.3, -0.25) is 0 Å². The smallest absolute Gasteiger partial charge is 0.144 e. The van der Waals surface area contributed by atoms with E-state index in [-0.39, 0.29) is 12.1 Å². The molecule has 1 aliphatic rings. The van der Waals surface area contributed by atoms with Crippen LogP contribution in [0, 0.1) is 0 Å². The van der Waals surface area contributed by atoms with E-state index in [0.717, 1.165) is 24.9 Å². The molecular weight excluding hydrogens is 216 g/mol. The predicted octanol–water partition coefficient (Wildman–Crippen LogP) is 1.99. The molecule has 1 aromatic carbocycles. The first kappa shape index (κ1) is 12.0. The first-order valence-electron chi connectivity index (χ1n) is 6.10. The number of ether oxygens (including phenoxy) is 1. The minimum atomic E-state index is -0.113. The van der Waals surface area contributed by atoms with Gasteiger partial charge in [0.1, 0.15) is 5.75 Å². The lowest BCUT2D eigenvalue weighted by molar-refractivity contribution is 0.266. The standard InChI is InChI=1S/C13H20N2O2/c1-2-7-17-12-8-10(3-4-11(12)14)15-13(9-16)5-6-13/h3-4,8,15-16H,2,5-7,9,14H2,1H3. The molecule has 4 nitrogen and oxygen atoms in total. The third-order valence-electron chi connectivity index (χ3n) is 3.04. The average molecular weight is 236 g/mol. The van der Waals surface area contributed by atoms with Crippen LogP contribution in [0.25, 0.3) is 0 Å². The van der Waals surface area contributed by atoms with Crippen molar-refractivity contribution in [3.05, 3.63) is 18.2 Å². The number of hydrogen-bond donors (Lipinski definition) is 3. The summed E-state index contributed by atoms with van der Waals surface area (Å²) < 4.78 is 5.57. The summed E-state index contributed by atoms with van der Waals surface area (Å²) >= 11 is 0. The molecule has 1 aromatic rings. The van der Waals surface area contributed by atoms with Crippen LogP contribution in [0.5, 0.6) is 5.75 Å². The first-order valence-corrected chi connectivity index (χ1v) is 6.10. The van der Waals surface area contributed by atoms with E-state index >= 15 is 0 Å². The van der Waals surface area contributed by atoms with Crippen LogP contribution in [-0.2, 0) is 0 Å². The number of anilines is 2. The maximum Gasteiger partial charge on any atom is 0.144 e. The molecule has 4 heteroatoms. The molecule has 0 aromatic heterocycles. The van der Waals surface area contributed by atoms with Crippen LogP contribution in [0.4, 0.5) is 11.4 Å². The van der Waals surface area contributed by atoms with Gasteiger partial charge in [0, 0.05) is 11.8 Å². The van der Waals surface area contributed by atoms with Crippen molar-refractivity contribution in [3.63, 3.8) is 0 Å². The number of aliphatic hydroxyl groups is 1. The molecular formula is C13H20N2O2. The van der Waals surface area contributed by atoms with Crippen LogP contribution >= 0.6 is 0 Å².